The number of nitrogens with one attached hydrogen (secondary N) is 1. The minimum absolute atomic E-state index is 0.0573. The Morgan fingerprint density at radius 2 is 2.16 bits per heavy atom. The Labute approximate surface area is 112 Å². The number of hydrogen-bond acceptors (Lipinski definition) is 3. The van der Waals surface area contributed by atoms with Gasteiger partial charge in [0, 0.05) is 12.6 Å². The fourth-order valence-corrected chi connectivity index (χ4v) is 2.02. The Morgan fingerprint density at radius 1 is 1.37 bits per heavy atom. The largest absolute Gasteiger partial charge is 0.476 e. The molecular formula is C14H20F2N2O. The normalized spacial score (nSPS) is 15.1. The average molecular weight is 270 g/mol. The van der Waals surface area contributed by atoms with Gasteiger partial charge in [0.1, 0.15) is 0 Å². The van der Waals surface area contributed by atoms with Crippen LogP contribution in [0.4, 0.5) is 14.6 Å². The molecule has 1 N–H and O–H groups in total. The molecule has 1 aromatic rings. The number of hydrogen-bond donors (Lipinski definition) is 1. The highest BCUT2D eigenvalue weighted by atomic mass is 19.1. The molecule has 0 aromatic carbocycles. The van der Waals surface area contributed by atoms with E-state index in [1.165, 1.54) is 19.3 Å². The maximum atomic E-state index is 13.5. The lowest BCUT2D eigenvalue weighted by molar-refractivity contribution is 0.211. The molecule has 0 aliphatic heterocycles. The molecule has 1 heterocycles. The van der Waals surface area contributed by atoms with E-state index in [-0.39, 0.29) is 11.7 Å². The van der Waals surface area contributed by atoms with Crippen molar-refractivity contribution in [2.24, 2.45) is 5.92 Å². The lowest BCUT2D eigenvalue weighted by Crippen LogP contribution is -2.15. The first kappa shape index (κ1) is 14.0. The van der Waals surface area contributed by atoms with Crippen molar-refractivity contribution in [3.63, 3.8) is 0 Å². The highest BCUT2D eigenvalue weighted by molar-refractivity contribution is 5.39. The molecule has 5 heteroatoms. The molecule has 0 atom stereocenters. The van der Waals surface area contributed by atoms with Crippen LogP contribution < -0.4 is 10.1 Å². The lowest BCUT2D eigenvalue weighted by atomic mass is 9.83. The van der Waals surface area contributed by atoms with Crippen molar-refractivity contribution < 1.29 is 13.5 Å². The van der Waals surface area contributed by atoms with E-state index in [0.717, 1.165) is 18.9 Å². The van der Waals surface area contributed by atoms with E-state index < -0.39 is 11.6 Å². The van der Waals surface area contributed by atoms with Gasteiger partial charge in [0.15, 0.2) is 17.5 Å². The summed E-state index contributed by atoms with van der Waals surface area (Å²) in [5, 5.41) is 2.82. The van der Waals surface area contributed by atoms with E-state index >= 15 is 0 Å². The summed E-state index contributed by atoms with van der Waals surface area (Å²) in [4.78, 5) is 3.87. The number of rotatable bonds is 7. The van der Waals surface area contributed by atoms with Gasteiger partial charge in [-0.1, -0.05) is 26.2 Å². The third-order valence-electron chi connectivity index (χ3n) is 3.43. The molecule has 0 saturated heterocycles. The van der Waals surface area contributed by atoms with Crippen LogP contribution in [-0.4, -0.2) is 18.1 Å². The van der Waals surface area contributed by atoms with E-state index in [1.807, 2.05) is 6.92 Å². The molecule has 0 unspecified atom stereocenters. The highest BCUT2D eigenvalue weighted by Gasteiger charge is 2.18. The van der Waals surface area contributed by atoms with Gasteiger partial charge in [-0.3, -0.25) is 0 Å². The second-order valence-corrected chi connectivity index (χ2v) is 4.97. The molecule has 1 fully saturated rings. The van der Waals surface area contributed by atoms with Gasteiger partial charge in [-0.25, -0.2) is 8.78 Å². The van der Waals surface area contributed by atoms with Gasteiger partial charge in [0.25, 0.3) is 5.88 Å². The fraction of sp³-hybridized carbons (Fsp3) is 0.643. The number of aromatic nitrogens is 1. The Kier molecular flexibility index (Phi) is 4.93. The first-order chi connectivity index (χ1) is 9.20. The van der Waals surface area contributed by atoms with Crippen LogP contribution in [0.2, 0.25) is 0 Å². The minimum Gasteiger partial charge on any atom is -0.476 e. The van der Waals surface area contributed by atoms with Gasteiger partial charge in [-0.05, 0) is 18.8 Å². The van der Waals surface area contributed by atoms with Crippen molar-refractivity contribution in [2.75, 3.05) is 18.5 Å². The lowest BCUT2D eigenvalue weighted by Gasteiger charge is -2.24. The summed E-state index contributed by atoms with van der Waals surface area (Å²) in [6.45, 7) is 3.00. The average Bonchev–Trinajstić information content (AvgIpc) is 2.33. The van der Waals surface area contributed by atoms with Crippen LogP contribution >= 0.6 is 0 Å². The molecule has 0 bridgehead atoms. The van der Waals surface area contributed by atoms with Crippen LogP contribution in [0, 0.1) is 17.6 Å². The van der Waals surface area contributed by atoms with Gasteiger partial charge < -0.3 is 10.1 Å². The summed E-state index contributed by atoms with van der Waals surface area (Å²) in [6.07, 6.45) is 5.49. The van der Waals surface area contributed by atoms with E-state index in [2.05, 4.69) is 10.3 Å². The summed E-state index contributed by atoms with van der Waals surface area (Å²) in [7, 11) is 0. The second-order valence-electron chi connectivity index (χ2n) is 4.97. The number of nitrogens with zero attached hydrogens (tertiary/aromatic N) is 1. The van der Waals surface area contributed by atoms with E-state index in [9.17, 15) is 8.78 Å². The highest BCUT2D eigenvalue weighted by Crippen LogP contribution is 2.29. The van der Waals surface area contributed by atoms with E-state index in [1.54, 1.807) is 0 Å². The third kappa shape index (κ3) is 3.78. The van der Waals surface area contributed by atoms with E-state index in [4.69, 9.17) is 4.74 Å². The van der Waals surface area contributed by atoms with Crippen molar-refractivity contribution in [2.45, 2.75) is 39.0 Å². The predicted molar refractivity (Wildman–Crippen MR) is 70.4 cm³/mol. The van der Waals surface area contributed by atoms with Crippen LogP contribution in [0.15, 0.2) is 6.07 Å². The summed E-state index contributed by atoms with van der Waals surface area (Å²) in [5.74, 6) is -0.784. The predicted octanol–water partition coefficient (Wildman–Crippen LogP) is 3.75. The van der Waals surface area contributed by atoms with E-state index in [0.29, 0.717) is 19.1 Å². The zero-order valence-corrected chi connectivity index (χ0v) is 11.2. The van der Waals surface area contributed by atoms with Gasteiger partial charge in [0.2, 0.25) is 0 Å². The van der Waals surface area contributed by atoms with Crippen molar-refractivity contribution in [3.05, 3.63) is 17.7 Å². The molecule has 106 valence electrons. The minimum atomic E-state index is -0.742. The van der Waals surface area contributed by atoms with Crippen LogP contribution in [0.1, 0.15) is 39.0 Å². The Balaban J connectivity index is 1.93. The van der Waals surface area contributed by atoms with Crippen molar-refractivity contribution in [1.82, 2.24) is 4.98 Å². The van der Waals surface area contributed by atoms with Crippen molar-refractivity contribution >= 4 is 5.82 Å². The number of pyridine rings is 1. The summed E-state index contributed by atoms with van der Waals surface area (Å²) in [5.41, 5.74) is 0. The molecular weight excluding hydrogens is 250 g/mol. The SMILES string of the molecule is CCCNc1nc(OCCC2CCC2)c(F)cc1F. The van der Waals surface area contributed by atoms with Crippen LogP contribution in [-0.2, 0) is 0 Å². The zero-order chi connectivity index (χ0) is 13.7. The molecule has 1 aromatic heterocycles. The quantitative estimate of drug-likeness (QED) is 0.819. The zero-order valence-electron chi connectivity index (χ0n) is 11.2. The topological polar surface area (TPSA) is 34.2 Å². The molecule has 0 radical (unpaired) electrons. The molecule has 2 rings (SSSR count). The Morgan fingerprint density at radius 3 is 2.79 bits per heavy atom. The van der Waals surface area contributed by atoms with Gasteiger partial charge in [-0.2, -0.15) is 4.98 Å². The van der Waals surface area contributed by atoms with Gasteiger partial charge in [-0.15, -0.1) is 0 Å². The first-order valence-corrected chi connectivity index (χ1v) is 6.93. The summed E-state index contributed by atoms with van der Waals surface area (Å²) in [6, 6.07) is 0.823. The van der Waals surface area contributed by atoms with Gasteiger partial charge >= 0.3 is 0 Å². The molecule has 0 amide bonds. The number of ether oxygens (including phenoxy) is 1. The van der Waals surface area contributed by atoms with Gasteiger partial charge in [0.05, 0.1) is 6.61 Å². The number of halogens is 2. The molecule has 1 saturated carbocycles. The number of anilines is 1. The van der Waals surface area contributed by atoms with Crippen LogP contribution in [0.25, 0.3) is 0 Å². The molecule has 0 spiro atoms. The van der Waals surface area contributed by atoms with Crippen LogP contribution in [0.5, 0.6) is 5.88 Å². The molecule has 19 heavy (non-hydrogen) atoms. The maximum absolute atomic E-state index is 13.5. The first-order valence-electron chi connectivity index (χ1n) is 6.93. The molecule has 1 aliphatic carbocycles. The van der Waals surface area contributed by atoms with Crippen molar-refractivity contribution in [3.8, 4) is 5.88 Å². The smallest absolute Gasteiger partial charge is 0.252 e. The van der Waals surface area contributed by atoms with Crippen molar-refractivity contribution in [1.29, 1.82) is 0 Å². The molecule has 3 nitrogen and oxygen atoms in total. The summed E-state index contributed by atoms with van der Waals surface area (Å²) >= 11 is 0. The standard InChI is InChI=1S/C14H20F2N2O/c1-2-7-17-13-11(15)9-12(16)14(18-13)19-8-6-10-4-3-5-10/h9-10H,2-8H2,1H3,(H,17,18). The van der Waals surface area contributed by atoms with Crippen LogP contribution in [0.3, 0.4) is 0 Å². The third-order valence-corrected chi connectivity index (χ3v) is 3.43. The fourth-order valence-electron chi connectivity index (χ4n) is 2.02. The summed E-state index contributed by atoms with van der Waals surface area (Å²) < 4.78 is 32.3. The maximum Gasteiger partial charge on any atom is 0.252 e. The molecule has 1 aliphatic rings. The Bertz CT molecular complexity index is 422. The monoisotopic (exact) mass is 270 g/mol. The Hall–Kier alpha value is -1.39. The second kappa shape index (κ2) is 6.68.